The Labute approximate surface area is 193 Å². The maximum Gasteiger partial charge on any atom is 0.266 e. The van der Waals surface area contributed by atoms with E-state index in [1.807, 2.05) is 12.2 Å². The minimum absolute atomic E-state index is 0.0308. The normalized spacial score (nSPS) is 20.5. The number of nitrogens with zero attached hydrogens (tertiary/aromatic N) is 2. The second kappa shape index (κ2) is 11.8. The summed E-state index contributed by atoms with van der Waals surface area (Å²) in [6.45, 7) is 1.32. The fourth-order valence-electron chi connectivity index (χ4n) is 3.52. The molecule has 1 aliphatic heterocycles. The van der Waals surface area contributed by atoms with Gasteiger partial charge >= 0.3 is 0 Å². The molecule has 172 valence electrons. The standard InChI is InChI=1S/C24H31N3O4S/c1-30-19-14-17(15-20(31-2)22(19)28)16-21-23(29)27(13-9-4-3-8-12-25)24(32-21)26-18-10-6-5-7-11-18/h5-7,10,14-16,18,28H,3-4,8-9,11-13,25H2,1-2H3/b21-16+,26-24+. The second-order valence-corrected chi connectivity index (χ2v) is 8.58. The van der Waals surface area contributed by atoms with Gasteiger partial charge in [-0.1, -0.05) is 37.1 Å². The van der Waals surface area contributed by atoms with E-state index in [4.69, 9.17) is 20.2 Å². The van der Waals surface area contributed by atoms with Crippen LogP contribution in [-0.4, -0.2) is 54.4 Å². The number of benzene rings is 1. The van der Waals surface area contributed by atoms with Crippen LogP contribution in [0, 0.1) is 0 Å². The largest absolute Gasteiger partial charge is 0.502 e. The van der Waals surface area contributed by atoms with E-state index < -0.39 is 0 Å². The first-order valence-corrected chi connectivity index (χ1v) is 11.7. The van der Waals surface area contributed by atoms with Crippen molar-refractivity contribution >= 4 is 28.9 Å². The molecule has 1 saturated heterocycles. The third kappa shape index (κ3) is 5.95. The molecule has 32 heavy (non-hydrogen) atoms. The number of carbonyl (C=O) groups excluding carboxylic acids is 1. The molecular formula is C24H31N3O4S. The van der Waals surface area contributed by atoms with E-state index in [1.54, 1.807) is 23.1 Å². The quantitative estimate of drug-likeness (QED) is 0.406. The highest BCUT2D eigenvalue weighted by Gasteiger charge is 2.33. The van der Waals surface area contributed by atoms with Crippen LogP contribution in [0.4, 0.5) is 0 Å². The third-order valence-electron chi connectivity index (χ3n) is 5.26. The Bertz CT molecular complexity index is 914. The highest BCUT2D eigenvalue weighted by atomic mass is 32.2. The van der Waals surface area contributed by atoms with E-state index in [2.05, 4.69) is 12.2 Å². The van der Waals surface area contributed by atoms with Crippen LogP contribution in [0.25, 0.3) is 6.08 Å². The van der Waals surface area contributed by atoms with Gasteiger partial charge in [0, 0.05) is 6.54 Å². The summed E-state index contributed by atoms with van der Waals surface area (Å²) in [5.74, 6) is 0.447. The summed E-state index contributed by atoms with van der Waals surface area (Å²) in [5.41, 5.74) is 6.29. The number of rotatable bonds is 10. The Balaban J connectivity index is 1.85. The van der Waals surface area contributed by atoms with Gasteiger partial charge in [-0.25, -0.2) is 0 Å². The van der Waals surface area contributed by atoms with Crippen LogP contribution in [0.15, 0.2) is 46.3 Å². The van der Waals surface area contributed by atoms with Crippen molar-refractivity contribution in [3.05, 3.63) is 46.9 Å². The number of aliphatic imine (C=N–C) groups is 1. The van der Waals surface area contributed by atoms with Gasteiger partial charge in [0.05, 0.1) is 25.2 Å². The van der Waals surface area contributed by atoms with Gasteiger partial charge in [0.25, 0.3) is 5.91 Å². The Kier molecular flexibility index (Phi) is 8.81. The topological polar surface area (TPSA) is 97.4 Å². The average Bonchev–Trinajstić information content (AvgIpc) is 3.09. The van der Waals surface area contributed by atoms with Crippen molar-refractivity contribution in [2.24, 2.45) is 10.7 Å². The molecule has 2 aliphatic rings. The van der Waals surface area contributed by atoms with Crippen molar-refractivity contribution in [3.8, 4) is 17.2 Å². The first-order valence-electron chi connectivity index (χ1n) is 10.8. The van der Waals surface area contributed by atoms with Crippen molar-refractivity contribution in [3.63, 3.8) is 0 Å². The molecule has 0 aromatic heterocycles. The fourth-order valence-corrected chi connectivity index (χ4v) is 4.58. The predicted octanol–water partition coefficient (Wildman–Crippen LogP) is 4.09. The number of amidine groups is 1. The van der Waals surface area contributed by atoms with Crippen LogP contribution < -0.4 is 15.2 Å². The van der Waals surface area contributed by atoms with Crippen LogP contribution in [0.2, 0.25) is 0 Å². The van der Waals surface area contributed by atoms with E-state index >= 15 is 0 Å². The average molecular weight is 458 g/mol. The Morgan fingerprint density at radius 3 is 2.53 bits per heavy atom. The van der Waals surface area contributed by atoms with Gasteiger partial charge in [0.1, 0.15) is 0 Å². The molecule has 1 fully saturated rings. The number of aromatic hydroxyl groups is 1. The number of ether oxygens (including phenoxy) is 2. The van der Waals surface area contributed by atoms with Gasteiger partial charge in [-0.3, -0.25) is 14.7 Å². The lowest BCUT2D eigenvalue weighted by atomic mass is 10.1. The molecular weight excluding hydrogens is 426 g/mol. The van der Waals surface area contributed by atoms with Crippen molar-refractivity contribution in [2.45, 2.75) is 38.1 Å². The second-order valence-electron chi connectivity index (χ2n) is 7.57. The summed E-state index contributed by atoms with van der Waals surface area (Å²) in [4.78, 5) is 20.5. The minimum Gasteiger partial charge on any atom is -0.502 e. The molecule has 3 N–H and O–H groups in total. The van der Waals surface area contributed by atoms with Crippen LogP contribution in [0.3, 0.4) is 0 Å². The van der Waals surface area contributed by atoms with Crippen LogP contribution >= 0.6 is 11.8 Å². The molecule has 1 aromatic rings. The zero-order valence-electron chi connectivity index (χ0n) is 18.6. The van der Waals surface area contributed by atoms with Crippen LogP contribution in [-0.2, 0) is 4.79 Å². The first-order chi connectivity index (χ1) is 15.6. The molecule has 1 aliphatic carbocycles. The third-order valence-corrected chi connectivity index (χ3v) is 6.28. The highest BCUT2D eigenvalue weighted by molar-refractivity contribution is 8.18. The number of carbonyl (C=O) groups is 1. The van der Waals surface area contributed by atoms with Crippen molar-refractivity contribution < 1.29 is 19.4 Å². The summed E-state index contributed by atoms with van der Waals surface area (Å²) in [6.07, 6.45) is 14.7. The molecule has 0 radical (unpaired) electrons. The number of phenols is 1. The molecule has 0 bridgehead atoms. The van der Waals surface area contributed by atoms with E-state index in [0.29, 0.717) is 23.6 Å². The molecule has 1 aromatic carbocycles. The number of unbranched alkanes of at least 4 members (excludes halogenated alkanes) is 3. The summed E-state index contributed by atoms with van der Waals surface area (Å²) >= 11 is 1.38. The number of amides is 1. The number of thioether (sulfide) groups is 1. The van der Waals surface area contributed by atoms with Gasteiger partial charge in [-0.2, -0.15) is 0 Å². The van der Waals surface area contributed by atoms with Crippen molar-refractivity contribution in [1.82, 2.24) is 4.90 Å². The molecule has 1 atom stereocenters. The Morgan fingerprint density at radius 1 is 1.19 bits per heavy atom. The maximum atomic E-state index is 13.2. The monoisotopic (exact) mass is 457 g/mol. The summed E-state index contributed by atoms with van der Waals surface area (Å²) in [6, 6.07) is 3.39. The maximum absolute atomic E-state index is 13.2. The summed E-state index contributed by atoms with van der Waals surface area (Å²) < 4.78 is 10.5. The first kappa shape index (κ1) is 23.9. The van der Waals surface area contributed by atoms with Crippen molar-refractivity contribution in [1.29, 1.82) is 0 Å². The van der Waals surface area contributed by atoms with E-state index in [-0.39, 0.29) is 29.2 Å². The molecule has 0 saturated carbocycles. The Morgan fingerprint density at radius 2 is 1.91 bits per heavy atom. The zero-order valence-corrected chi connectivity index (χ0v) is 19.4. The van der Waals surface area contributed by atoms with Crippen molar-refractivity contribution in [2.75, 3.05) is 27.3 Å². The number of nitrogens with two attached hydrogens (primary N) is 1. The Hall–Kier alpha value is -2.71. The lowest BCUT2D eigenvalue weighted by molar-refractivity contribution is -0.122. The molecule has 1 heterocycles. The number of hydrogen-bond acceptors (Lipinski definition) is 7. The predicted molar refractivity (Wildman–Crippen MR) is 130 cm³/mol. The SMILES string of the molecule is COc1cc(/C=C2/S/C(=N/C3C=CC=CC3)N(CCCCCCN)C2=O)cc(OC)c1O. The number of hydrogen-bond donors (Lipinski definition) is 2. The van der Waals surface area contributed by atoms with Gasteiger partial charge in [0.15, 0.2) is 16.7 Å². The van der Waals surface area contributed by atoms with Gasteiger partial charge in [-0.05, 0) is 61.3 Å². The zero-order chi connectivity index (χ0) is 22.9. The van der Waals surface area contributed by atoms with E-state index in [9.17, 15) is 9.90 Å². The van der Waals surface area contributed by atoms with Gasteiger partial charge in [0.2, 0.25) is 5.75 Å². The summed E-state index contributed by atoms with van der Waals surface area (Å²) in [5, 5.41) is 10.9. The number of methoxy groups -OCH3 is 2. The molecule has 0 spiro atoms. The lowest BCUT2D eigenvalue weighted by Crippen LogP contribution is -2.31. The van der Waals surface area contributed by atoms with Crippen LogP contribution in [0.1, 0.15) is 37.7 Å². The van der Waals surface area contributed by atoms with E-state index in [0.717, 1.165) is 37.3 Å². The lowest BCUT2D eigenvalue weighted by Gasteiger charge is -2.17. The number of allylic oxidation sites excluding steroid dienone is 2. The molecule has 1 amide bonds. The molecule has 7 nitrogen and oxygen atoms in total. The molecule has 8 heteroatoms. The minimum atomic E-state index is -0.0685. The summed E-state index contributed by atoms with van der Waals surface area (Å²) in [7, 11) is 2.95. The van der Waals surface area contributed by atoms with Gasteiger partial charge < -0.3 is 20.3 Å². The van der Waals surface area contributed by atoms with E-state index in [1.165, 1.54) is 26.0 Å². The van der Waals surface area contributed by atoms with Crippen LogP contribution in [0.5, 0.6) is 17.2 Å². The number of phenolic OH excluding ortho intramolecular Hbond substituents is 1. The molecule has 3 rings (SSSR count). The highest BCUT2D eigenvalue weighted by Crippen LogP contribution is 2.39. The molecule has 1 unspecified atom stereocenters. The smallest absolute Gasteiger partial charge is 0.266 e. The van der Waals surface area contributed by atoms with Gasteiger partial charge in [-0.15, -0.1) is 0 Å². The fraction of sp³-hybridized carbons (Fsp3) is 0.417.